The number of rotatable bonds is 10. The predicted octanol–water partition coefficient (Wildman–Crippen LogP) is 4.16. The molecule has 2 N–H and O–H groups in total. The van der Waals surface area contributed by atoms with Gasteiger partial charge in [0, 0.05) is 18.5 Å². The number of nitrogens with zero attached hydrogens (tertiary/aromatic N) is 4. The maximum Gasteiger partial charge on any atom is 0.326 e. The van der Waals surface area contributed by atoms with Crippen molar-refractivity contribution >= 4 is 11.9 Å². The summed E-state index contributed by atoms with van der Waals surface area (Å²) in [7, 11) is 0. The van der Waals surface area contributed by atoms with Crippen LogP contribution in [-0.4, -0.2) is 48.5 Å². The second-order valence-corrected chi connectivity index (χ2v) is 8.15. The van der Waals surface area contributed by atoms with Crippen molar-refractivity contribution in [1.29, 1.82) is 0 Å². The maximum absolute atomic E-state index is 13.0. The van der Waals surface area contributed by atoms with E-state index < -0.39 is 12.0 Å². The summed E-state index contributed by atoms with van der Waals surface area (Å²) >= 11 is 0. The number of aliphatic carboxylic acids is 1. The molecule has 2 aromatic carbocycles. The molecule has 0 saturated heterocycles. The average Bonchev–Trinajstić information content (AvgIpc) is 3.32. The van der Waals surface area contributed by atoms with Crippen LogP contribution in [0.4, 0.5) is 0 Å². The lowest BCUT2D eigenvalue weighted by atomic mass is 9.96. The number of carbonyl (C=O) groups is 2. The molecule has 1 aromatic heterocycles. The van der Waals surface area contributed by atoms with E-state index in [9.17, 15) is 14.7 Å². The third kappa shape index (κ3) is 5.38. The zero-order chi connectivity index (χ0) is 23.1. The zero-order valence-corrected chi connectivity index (χ0v) is 18.7. The summed E-state index contributed by atoms with van der Waals surface area (Å²) in [5, 5.41) is 24.1. The van der Waals surface area contributed by atoms with Gasteiger partial charge in [-0.1, -0.05) is 69.7 Å². The van der Waals surface area contributed by atoms with E-state index in [1.807, 2.05) is 69.3 Å². The van der Waals surface area contributed by atoms with Gasteiger partial charge in [-0.3, -0.25) is 4.79 Å². The minimum absolute atomic E-state index is 0.150. The highest BCUT2D eigenvalue weighted by Crippen LogP contribution is 2.31. The van der Waals surface area contributed by atoms with Gasteiger partial charge in [0.25, 0.3) is 0 Å². The summed E-state index contributed by atoms with van der Waals surface area (Å²) < 4.78 is 0. The fraction of sp³-hybridized carbons (Fsp3) is 0.375. The Kier molecular flexibility index (Phi) is 7.70. The second-order valence-electron chi connectivity index (χ2n) is 8.15. The van der Waals surface area contributed by atoms with Gasteiger partial charge in [-0.2, -0.15) is 0 Å². The molecule has 8 nitrogen and oxygen atoms in total. The quantitative estimate of drug-likeness (QED) is 0.494. The van der Waals surface area contributed by atoms with Crippen molar-refractivity contribution in [3.63, 3.8) is 0 Å². The highest BCUT2D eigenvalue weighted by Gasteiger charge is 2.32. The Bertz CT molecular complexity index is 1040. The summed E-state index contributed by atoms with van der Waals surface area (Å²) in [5.41, 5.74) is 3.55. The molecule has 3 rings (SSSR count). The molecule has 0 aliphatic heterocycles. The first-order chi connectivity index (χ1) is 15.4. The molecule has 0 spiro atoms. The van der Waals surface area contributed by atoms with Crippen molar-refractivity contribution < 1.29 is 14.7 Å². The van der Waals surface area contributed by atoms with Crippen LogP contribution in [0.15, 0.2) is 48.5 Å². The number of aromatic nitrogens is 4. The molecular weight excluding hydrogens is 406 g/mol. The number of carboxylic acid groups (broad SMARTS) is 1. The van der Waals surface area contributed by atoms with E-state index in [0.717, 1.165) is 35.1 Å². The lowest BCUT2D eigenvalue weighted by Crippen LogP contribution is -2.47. The zero-order valence-electron chi connectivity index (χ0n) is 18.7. The van der Waals surface area contributed by atoms with E-state index in [2.05, 4.69) is 20.6 Å². The molecule has 1 heterocycles. The number of hydrogen-bond acceptors (Lipinski definition) is 5. The second kappa shape index (κ2) is 10.7. The van der Waals surface area contributed by atoms with E-state index in [1.165, 1.54) is 4.90 Å². The summed E-state index contributed by atoms with van der Waals surface area (Å²) in [6.45, 7) is 5.85. The minimum Gasteiger partial charge on any atom is -0.480 e. The van der Waals surface area contributed by atoms with Gasteiger partial charge in [-0.05, 0) is 45.5 Å². The monoisotopic (exact) mass is 435 g/mol. The lowest BCUT2D eigenvalue weighted by Gasteiger charge is -2.32. The number of carbonyl (C=O) groups excluding carboxylic acids is 1. The van der Waals surface area contributed by atoms with E-state index >= 15 is 0 Å². The van der Waals surface area contributed by atoms with Crippen LogP contribution in [0.25, 0.3) is 22.5 Å². The van der Waals surface area contributed by atoms with Gasteiger partial charge in [0.05, 0.1) is 0 Å². The van der Waals surface area contributed by atoms with Crippen LogP contribution < -0.4 is 0 Å². The molecule has 0 bridgehead atoms. The van der Waals surface area contributed by atoms with E-state index in [4.69, 9.17) is 0 Å². The first kappa shape index (κ1) is 23.1. The van der Waals surface area contributed by atoms with Crippen molar-refractivity contribution in [1.82, 2.24) is 25.5 Å². The number of unbranched alkanes of at least 4 members (excludes halogenated alkanes) is 1. The predicted molar refractivity (Wildman–Crippen MR) is 121 cm³/mol. The molecule has 0 fully saturated rings. The standard InChI is InChI=1S/C24H29N5O3/c1-4-5-11-21(30)29(22(16(2)3)24(31)32)15-17-12-13-19(18-9-7-6-8-10-18)20(14-17)23-25-27-28-26-23/h6-10,12-14,16,22H,4-5,11,15H2,1-3H3,(H,31,32)(H,25,26,27,28)/t22-/m0/s1. The van der Waals surface area contributed by atoms with Crippen LogP contribution in [0.5, 0.6) is 0 Å². The molecule has 0 aliphatic carbocycles. The van der Waals surface area contributed by atoms with Gasteiger partial charge >= 0.3 is 5.97 Å². The number of H-pyrrole nitrogens is 1. The molecule has 168 valence electrons. The molecule has 8 heteroatoms. The fourth-order valence-corrected chi connectivity index (χ4v) is 3.82. The summed E-state index contributed by atoms with van der Waals surface area (Å²) in [4.78, 5) is 26.5. The number of carboxylic acids is 1. The molecule has 1 amide bonds. The van der Waals surface area contributed by atoms with Crippen molar-refractivity contribution in [3.8, 4) is 22.5 Å². The van der Waals surface area contributed by atoms with Gasteiger partial charge in [-0.25, -0.2) is 9.89 Å². The smallest absolute Gasteiger partial charge is 0.326 e. The Morgan fingerprint density at radius 1 is 1.09 bits per heavy atom. The van der Waals surface area contributed by atoms with E-state index in [-0.39, 0.29) is 18.4 Å². The van der Waals surface area contributed by atoms with Crippen molar-refractivity contribution in [2.45, 2.75) is 52.6 Å². The van der Waals surface area contributed by atoms with Crippen LogP contribution in [0.3, 0.4) is 0 Å². The number of tetrazole rings is 1. The molecule has 0 saturated carbocycles. The van der Waals surface area contributed by atoms with Crippen LogP contribution >= 0.6 is 0 Å². The normalized spacial score (nSPS) is 12.0. The number of aromatic amines is 1. The van der Waals surface area contributed by atoms with E-state index in [1.54, 1.807) is 0 Å². The van der Waals surface area contributed by atoms with Crippen molar-refractivity contribution in [3.05, 3.63) is 54.1 Å². The first-order valence-corrected chi connectivity index (χ1v) is 10.9. The average molecular weight is 436 g/mol. The highest BCUT2D eigenvalue weighted by molar-refractivity contribution is 5.84. The van der Waals surface area contributed by atoms with Gasteiger partial charge in [0.1, 0.15) is 6.04 Å². The number of nitrogens with one attached hydrogen (secondary N) is 1. The third-order valence-corrected chi connectivity index (χ3v) is 5.41. The van der Waals surface area contributed by atoms with Crippen LogP contribution in [0.1, 0.15) is 45.6 Å². The molecule has 0 radical (unpaired) electrons. The molecule has 0 aliphatic rings. The third-order valence-electron chi connectivity index (χ3n) is 5.41. The summed E-state index contributed by atoms with van der Waals surface area (Å²) in [6, 6.07) is 14.8. The minimum atomic E-state index is -0.995. The van der Waals surface area contributed by atoms with Gasteiger partial charge in [-0.15, -0.1) is 5.10 Å². The lowest BCUT2D eigenvalue weighted by molar-refractivity contribution is -0.153. The van der Waals surface area contributed by atoms with Crippen LogP contribution in [0.2, 0.25) is 0 Å². The molecule has 3 aromatic rings. The largest absolute Gasteiger partial charge is 0.480 e. The number of benzene rings is 2. The first-order valence-electron chi connectivity index (χ1n) is 10.9. The van der Waals surface area contributed by atoms with Crippen molar-refractivity contribution in [2.75, 3.05) is 0 Å². The van der Waals surface area contributed by atoms with Crippen LogP contribution in [-0.2, 0) is 16.1 Å². The Hall–Kier alpha value is -3.55. The summed E-state index contributed by atoms with van der Waals surface area (Å²) in [5.74, 6) is -0.860. The van der Waals surface area contributed by atoms with Crippen LogP contribution in [0, 0.1) is 5.92 Å². The molecule has 32 heavy (non-hydrogen) atoms. The summed E-state index contributed by atoms with van der Waals surface area (Å²) in [6.07, 6.45) is 1.92. The number of amides is 1. The SMILES string of the molecule is CCCCC(=O)N(Cc1ccc(-c2ccccc2)c(-c2nnn[nH]2)c1)[C@H](C(=O)O)C(C)C. The van der Waals surface area contributed by atoms with E-state index in [0.29, 0.717) is 12.2 Å². The van der Waals surface area contributed by atoms with Gasteiger partial charge in [0.2, 0.25) is 5.91 Å². The maximum atomic E-state index is 13.0. The fourth-order valence-electron chi connectivity index (χ4n) is 3.82. The Labute approximate surface area is 187 Å². The molecule has 1 atom stereocenters. The van der Waals surface area contributed by atoms with Crippen molar-refractivity contribution in [2.24, 2.45) is 5.92 Å². The Balaban J connectivity index is 2.02. The topological polar surface area (TPSA) is 112 Å². The molecule has 0 unspecified atom stereocenters. The highest BCUT2D eigenvalue weighted by atomic mass is 16.4. The van der Waals surface area contributed by atoms with Gasteiger partial charge < -0.3 is 10.0 Å². The Morgan fingerprint density at radius 2 is 1.84 bits per heavy atom. The van der Waals surface area contributed by atoms with Gasteiger partial charge in [0.15, 0.2) is 5.82 Å². The number of hydrogen-bond donors (Lipinski definition) is 2. The Morgan fingerprint density at radius 3 is 2.44 bits per heavy atom. The molecular formula is C24H29N5O3.